The van der Waals surface area contributed by atoms with Crippen molar-refractivity contribution >= 4 is 33.4 Å². The van der Waals surface area contributed by atoms with Gasteiger partial charge >= 0.3 is 0 Å². The average molecular weight is 586 g/mol. The zero-order valence-electron chi connectivity index (χ0n) is 23.2. The van der Waals surface area contributed by atoms with E-state index in [0.717, 1.165) is 15.4 Å². The molecule has 3 aromatic rings. The third-order valence-electron chi connectivity index (χ3n) is 6.32. The maximum Gasteiger partial charge on any atom is 0.243 e. The molecule has 0 heterocycles. The number of ether oxygens (including phenoxy) is 1. The molecule has 0 aliphatic carbocycles. The number of sulfonamides is 1. The van der Waals surface area contributed by atoms with Crippen molar-refractivity contribution in [3.05, 3.63) is 95.0 Å². The number of likely N-dealkylation sites (N-methyl/N-ethyl adjacent to an activating group) is 1. The number of carbonyl (C=O) groups excluding carboxylic acids is 2. The predicted molar refractivity (Wildman–Crippen MR) is 157 cm³/mol. The second-order valence-electron chi connectivity index (χ2n) is 9.93. The highest BCUT2D eigenvalue weighted by Crippen LogP contribution is 2.21. The van der Waals surface area contributed by atoms with E-state index in [0.29, 0.717) is 17.3 Å². The summed E-state index contributed by atoms with van der Waals surface area (Å²) in [6, 6.07) is 21.5. The van der Waals surface area contributed by atoms with Crippen molar-refractivity contribution in [1.82, 2.24) is 14.5 Å². The van der Waals surface area contributed by atoms with Crippen molar-refractivity contribution in [1.29, 1.82) is 0 Å². The Balaban J connectivity index is 1.98. The van der Waals surface area contributed by atoms with E-state index in [2.05, 4.69) is 5.32 Å². The molecule has 8 nitrogen and oxygen atoms in total. The molecular weight excluding hydrogens is 550 g/mol. The summed E-state index contributed by atoms with van der Waals surface area (Å²) in [7, 11) is -1.09. The number of carbonyl (C=O) groups is 2. The number of hydrogen-bond donors (Lipinski definition) is 1. The van der Waals surface area contributed by atoms with Crippen LogP contribution in [0.3, 0.4) is 0 Å². The van der Waals surface area contributed by atoms with E-state index in [1.807, 2.05) is 50.2 Å². The van der Waals surface area contributed by atoms with Crippen molar-refractivity contribution in [3.63, 3.8) is 0 Å². The molecule has 10 heteroatoms. The first-order chi connectivity index (χ1) is 19.0. The molecule has 0 aromatic heterocycles. The summed E-state index contributed by atoms with van der Waals surface area (Å²) in [6.07, 6.45) is 0.258. The van der Waals surface area contributed by atoms with Crippen LogP contribution in [-0.4, -0.2) is 62.7 Å². The molecule has 0 saturated carbocycles. The van der Waals surface area contributed by atoms with Gasteiger partial charge < -0.3 is 15.0 Å². The highest BCUT2D eigenvalue weighted by Gasteiger charge is 2.33. The summed E-state index contributed by atoms with van der Waals surface area (Å²) in [6.45, 7) is 4.04. The van der Waals surface area contributed by atoms with Crippen LogP contribution >= 0.6 is 11.6 Å². The first-order valence-corrected chi connectivity index (χ1v) is 14.8. The van der Waals surface area contributed by atoms with Crippen LogP contribution in [0.4, 0.5) is 0 Å². The molecule has 0 unspecified atom stereocenters. The first kappa shape index (κ1) is 31.1. The quantitative estimate of drug-likeness (QED) is 0.321. The van der Waals surface area contributed by atoms with Crippen LogP contribution in [0, 0.1) is 5.92 Å². The van der Waals surface area contributed by atoms with Crippen molar-refractivity contribution < 1.29 is 22.7 Å². The lowest BCUT2D eigenvalue weighted by atomic mass is 10.0. The third kappa shape index (κ3) is 8.55. The molecule has 214 valence electrons. The van der Waals surface area contributed by atoms with E-state index in [-0.39, 0.29) is 29.7 Å². The molecule has 40 heavy (non-hydrogen) atoms. The number of benzene rings is 3. The summed E-state index contributed by atoms with van der Waals surface area (Å²) in [5.41, 5.74) is 1.61. The van der Waals surface area contributed by atoms with Gasteiger partial charge in [0.25, 0.3) is 0 Å². The number of halogens is 1. The largest absolute Gasteiger partial charge is 0.497 e. The molecule has 3 rings (SSSR count). The van der Waals surface area contributed by atoms with Gasteiger partial charge in [-0.3, -0.25) is 9.59 Å². The van der Waals surface area contributed by atoms with Crippen LogP contribution in [0.25, 0.3) is 0 Å². The lowest BCUT2D eigenvalue weighted by Crippen LogP contribution is -2.53. The van der Waals surface area contributed by atoms with E-state index in [1.54, 1.807) is 25.3 Å². The van der Waals surface area contributed by atoms with Gasteiger partial charge in [0.15, 0.2) is 0 Å². The van der Waals surface area contributed by atoms with E-state index >= 15 is 0 Å². The van der Waals surface area contributed by atoms with Gasteiger partial charge in [-0.05, 0) is 53.4 Å². The maximum atomic E-state index is 13.9. The summed E-state index contributed by atoms with van der Waals surface area (Å²) in [5.74, 6) is -0.00351. The number of nitrogens with zero attached hydrogens (tertiary/aromatic N) is 2. The van der Waals surface area contributed by atoms with Crippen LogP contribution < -0.4 is 10.1 Å². The van der Waals surface area contributed by atoms with Gasteiger partial charge in [0, 0.05) is 31.6 Å². The second-order valence-corrected chi connectivity index (χ2v) is 12.4. The second kappa shape index (κ2) is 14.3. The van der Waals surface area contributed by atoms with E-state index in [9.17, 15) is 18.0 Å². The van der Waals surface area contributed by atoms with Gasteiger partial charge in [-0.25, -0.2) is 8.42 Å². The Morgan fingerprint density at radius 1 is 0.950 bits per heavy atom. The molecule has 0 radical (unpaired) electrons. The normalized spacial score (nSPS) is 12.3. The molecule has 0 aliphatic rings. The zero-order chi connectivity index (χ0) is 29.3. The van der Waals surface area contributed by atoms with Crippen LogP contribution in [0.2, 0.25) is 5.02 Å². The zero-order valence-corrected chi connectivity index (χ0v) is 24.8. The molecule has 0 aliphatic heterocycles. The minimum Gasteiger partial charge on any atom is -0.497 e. The maximum absolute atomic E-state index is 13.9. The monoisotopic (exact) mass is 585 g/mol. The average Bonchev–Trinajstić information content (AvgIpc) is 2.94. The lowest BCUT2D eigenvalue weighted by Gasteiger charge is -2.33. The van der Waals surface area contributed by atoms with Gasteiger partial charge in [0.2, 0.25) is 21.8 Å². The fourth-order valence-corrected chi connectivity index (χ4v) is 5.34. The Hall–Kier alpha value is -3.40. The highest BCUT2D eigenvalue weighted by molar-refractivity contribution is 7.89. The molecular formula is C30H36ClN3O5S. The number of rotatable bonds is 13. The molecule has 0 fully saturated rings. The van der Waals surface area contributed by atoms with Crippen LogP contribution in [0.15, 0.2) is 83.8 Å². The SMILES string of the molecule is COc1cccc(CN(C(=O)CN(C)S(=O)(=O)c2ccc(Cl)cc2)[C@H](Cc2ccccc2)C(=O)NCC(C)C)c1. The van der Waals surface area contributed by atoms with Crippen LogP contribution in [0.1, 0.15) is 25.0 Å². The van der Waals surface area contributed by atoms with Gasteiger partial charge in [-0.1, -0.05) is 67.9 Å². The highest BCUT2D eigenvalue weighted by atomic mass is 35.5. The summed E-state index contributed by atoms with van der Waals surface area (Å²) >= 11 is 5.93. The molecule has 1 N–H and O–H groups in total. The summed E-state index contributed by atoms with van der Waals surface area (Å²) in [5, 5.41) is 3.36. The van der Waals surface area contributed by atoms with Crippen molar-refractivity contribution in [2.75, 3.05) is 27.2 Å². The van der Waals surface area contributed by atoms with Gasteiger partial charge in [-0.15, -0.1) is 0 Å². The number of nitrogens with one attached hydrogen (secondary N) is 1. The number of amides is 2. The van der Waals surface area contributed by atoms with E-state index in [4.69, 9.17) is 16.3 Å². The molecule has 0 bridgehead atoms. The van der Waals surface area contributed by atoms with Crippen LogP contribution in [0.5, 0.6) is 5.75 Å². The van der Waals surface area contributed by atoms with E-state index in [1.165, 1.54) is 36.2 Å². The van der Waals surface area contributed by atoms with Gasteiger partial charge in [0.1, 0.15) is 11.8 Å². The van der Waals surface area contributed by atoms with Crippen molar-refractivity contribution in [3.8, 4) is 5.75 Å². The fraction of sp³-hybridized carbons (Fsp3) is 0.333. The van der Waals surface area contributed by atoms with Crippen molar-refractivity contribution in [2.45, 2.75) is 37.8 Å². The predicted octanol–water partition coefficient (Wildman–Crippen LogP) is 4.38. The van der Waals surface area contributed by atoms with Gasteiger partial charge in [-0.2, -0.15) is 4.31 Å². The molecule has 0 spiro atoms. The van der Waals surface area contributed by atoms with Gasteiger partial charge in [0.05, 0.1) is 18.6 Å². The minimum absolute atomic E-state index is 0.0158. The lowest BCUT2D eigenvalue weighted by molar-refractivity contribution is -0.141. The summed E-state index contributed by atoms with van der Waals surface area (Å²) in [4.78, 5) is 28.9. The van der Waals surface area contributed by atoms with Crippen molar-refractivity contribution in [2.24, 2.45) is 5.92 Å². The molecule has 2 amide bonds. The Morgan fingerprint density at radius 2 is 1.60 bits per heavy atom. The standard InChI is InChI=1S/C30H36ClN3O5S/c1-22(2)19-32-30(36)28(18-23-9-6-5-7-10-23)34(20-24-11-8-12-26(17-24)39-4)29(35)21-33(3)40(37,38)27-15-13-25(31)14-16-27/h5-17,22,28H,18-21H2,1-4H3,(H,32,36)/t28-/m1/s1. The first-order valence-electron chi connectivity index (χ1n) is 13.0. The number of methoxy groups -OCH3 is 1. The summed E-state index contributed by atoms with van der Waals surface area (Å²) < 4.78 is 32.8. The molecule has 1 atom stereocenters. The molecule has 3 aromatic carbocycles. The third-order valence-corrected chi connectivity index (χ3v) is 8.39. The molecule has 0 saturated heterocycles. The fourth-order valence-electron chi connectivity index (χ4n) is 4.10. The smallest absolute Gasteiger partial charge is 0.243 e. The Labute approximate surface area is 241 Å². The topological polar surface area (TPSA) is 96.0 Å². The van der Waals surface area contributed by atoms with Crippen LogP contribution in [-0.2, 0) is 32.6 Å². The Kier molecular flexibility index (Phi) is 11.1. The Bertz CT molecular complexity index is 1380. The Morgan fingerprint density at radius 3 is 2.23 bits per heavy atom. The number of hydrogen-bond acceptors (Lipinski definition) is 5. The van der Waals surface area contributed by atoms with E-state index < -0.39 is 28.5 Å². The minimum atomic E-state index is -3.99.